The fourth-order valence-electron chi connectivity index (χ4n) is 3.13. The van der Waals surface area contributed by atoms with Gasteiger partial charge < -0.3 is 9.47 Å². The zero-order chi connectivity index (χ0) is 24.8. The number of hydrogen-bond donors (Lipinski definition) is 0. The monoisotopic (exact) mass is 523 g/mol. The summed E-state index contributed by atoms with van der Waals surface area (Å²) in [7, 11) is 0. The van der Waals surface area contributed by atoms with E-state index in [0.717, 1.165) is 16.7 Å². The zero-order valence-corrected chi connectivity index (χ0v) is 20.2. The molecule has 1 heterocycles. The van der Waals surface area contributed by atoms with E-state index in [1.165, 1.54) is 42.5 Å². The first kappa shape index (κ1) is 25.7. The fourth-order valence-corrected chi connectivity index (χ4v) is 4.57. The highest BCUT2D eigenvalue weighted by atomic mass is 35.5. The molecule has 1 fully saturated rings. The van der Waals surface area contributed by atoms with Crippen molar-refractivity contribution in [2.75, 3.05) is 23.9 Å². The minimum Gasteiger partial charge on any atom is -0.465 e. The number of thioether (sulfide) groups is 1. The molecule has 34 heavy (non-hydrogen) atoms. The summed E-state index contributed by atoms with van der Waals surface area (Å²) >= 11 is 12.8. The molecule has 11 heteroatoms. The van der Waals surface area contributed by atoms with E-state index in [1.54, 1.807) is 6.92 Å². The van der Waals surface area contributed by atoms with Crippen LogP contribution in [0.3, 0.4) is 0 Å². The molecule has 1 atom stereocenters. The van der Waals surface area contributed by atoms with Gasteiger partial charge >= 0.3 is 11.9 Å². The van der Waals surface area contributed by atoms with Gasteiger partial charge in [-0.25, -0.2) is 9.69 Å². The third-order valence-corrected chi connectivity index (χ3v) is 6.46. The Labute approximate surface area is 209 Å². The van der Waals surface area contributed by atoms with Crippen molar-refractivity contribution in [1.82, 2.24) is 0 Å². The van der Waals surface area contributed by atoms with Gasteiger partial charge in [0, 0.05) is 17.0 Å². The van der Waals surface area contributed by atoms with Crippen LogP contribution in [0.5, 0.6) is 0 Å². The number of halogens is 2. The van der Waals surface area contributed by atoms with Crippen LogP contribution in [-0.4, -0.2) is 53.8 Å². The van der Waals surface area contributed by atoms with Gasteiger partial charge in [-0.05, 0) is 49.4 Å². The lowest BCUT2D eigenvalue weighted by Crippen LogP contribution is -2.31. The maximum absolute atomic E-state index is 12.7. The molecule has 0 radical (unpaired) electrons. The molecule has 178 valence electrons. The first-order valence-electron chi connectivity index (χ1n) is 10.1. The van der Waals surface area contributed by atoms with Crippen molar-refractivity contribution in [2.24, 2.45) is 0 Å². The van der Waals surface area contributed by atoms with Crippen molar-refractivity contribution >= 4 is 70.2 Å². The van der Waals surface area contributed by atoms with Gasteiger partial charge in [0.15, 0.2) is 6.61 Å². The SMILES string of the molecule is CCOC(=O)CSC1CC(=O)N(c2ccc(C(=O)OCC(=O)c3ccc(Cl)cc3Cl)cc2)C1=O. The summed E-state index contributed by atoms with van der Waals surface area (Å²) in [4.78, 5) is 62.1. The summed E-state index contributed by atoms with van der Waals surface area (Å²) in [6, 6.07) is 10.00. The number of esters is 2. The first-order chi connectivity index (χ1) is 16.2. The second-order valence-corrected chi connectivity index (χ2v) is 9.08. The third kappa shape index (κ3) is 6.16. The zero-order valence-electron chi connectivity index (χ0n) is 17.9. The number of amides is 2. The predicted molar refractivity (Wildman–Crippen MR) is 128 cm³/mol. The van der Waals surface area contributed by atoms with E-state index in [2.05, 4.69) is 0 Å². The van der Waals surface area contributed by atoms with Gasteiger partial charge in [0.05, 0.1) is 33.9 Å². The van der Waals surface area contributed by atoms with Crippen molar-refractivity contribution in [1.29, 1.82) is 0 Å². The Bertz CT molecular complexity index is 1140. The van der Waals surface area contributed by atoms with E-state index >= 15 is 0 Å². The number of ether oxygens (including phenoxy) is 2. The molecule has 8 nitrogen and oxygen atoms in total. The molecule has 0 aromatic heterocycles. The Morgan fingerprint density at radius 1 is 1.06 bits per heavy atom. The van der Waals surface area contributed by atoms with Gasteiger partial charge in [-0.3, -0.25) is 19.2 Å². The molecule has 0 saturated carbocycles. The lowest BCUT2D eigenvalue weighted by molar-refractivity contribution is -0.139. The molecule has 0 bridgehead atoms. The van der Waals surface area contributed by atoms with Crippen LogP contribution in [0.25, 0.3) is 0 Å². The van der Waals surface area contributed by atoms with Gasteiger partial charge in [-0.2, -0.15) is 0 Å². The molecule has 1 aliphatic heterocycles. The topological polar surface area (TPSA) is 107 Å². The number of nitrogens with zero attached hydrogens (tertiary/aromatic N) is 1. The molecule has 0 N–H and O–H groups in total. The smallest absolute Gasteiger partial charge is 0.338 e. The predicted octanol–water partition coefficient (Wildman–Crippen LogP) is 3.96. The fraction of sp³-hybridized carbons (Fsp3) is 0.261. The van der Waals surface area contributed by atoms with E-state index in [9.17, 15) is 24.0 Å². The number of carbonyl (C=O) groups is 5. The van der Waals surface area contributed by atoms with E-state index in [1.807, 2.05) is 0 Å². The quantitative estimate of drug-likeness (QED) is 0.276. The number of ketones is 1. The lowest BCUT2D eigenvalue weighted by Gasteiger charge is -2.15. The molecule has 2 aromatic carbocycles. The van der Waals surface area contributed by atoms with Crippen LogP contribution in [-0.2, 0) is 23.9 Å². The van der Waals surface area contributed by atoms with Crippen LogP contribution in [0.15, 0.2) is 42.5 Å². The summed E-state index contributed by atoms with van der Waals surface area (Å²) in [6.45, 7) is 1.40. The van der Waals surface area contributed by atoms with Crippen LogP contribution in [0.2, 0.25) is 10.0 Å². The molecular formula is C23H19Cl2NO7S. The Kier molecular flexibility index (Phi) is 8.71. The minimum atomic E-state index is -0.757. The number of anilines is 1. The van der Waals surface area contributed by atoms with Crippen LogP contribution >= 0.6 is 35.0 Å². The molecular weight excluding hydrogens is 505 g/mol. The standard InChI is InChI=1S/C23H19Cl2NO7S/c1-2-32-21(29)12-34-19-10-20(28)26(22(19)30)15-6-3-13(4-7-15)23(31)33-11-18(27)16-8-5-14(24)9-17(16)25/h3-9,19H,2,10-12H2,1H3. The minimum absolute atomic E-state index is 0.0316. The van der Waals surface area contributed by atoms with Gasteiger partial charge in [-0.15, -0.1) is 11.8 Å². The summed E-state index contributed by atoms with van der Waals surface area (Å²) in [6.07, 6.45) is -0.0396. The average Bonchev–Trinajstić information content (AvgIpc) is 3.09. The first-order valence-corrected chi connectivity index (χ1v) is 11.9. The van der Waals surface area contributed by atoms with Gasteiger partial charge in [0.1, 0.15) is 0 Å². The number of Topliss-reactive ketones (excluding diaryl/α,β-unsaturated/α-hetero) is 1. The van der Waals surface area contributed by atoms with Crippen molar-refractivity contribution in [3.8, 4) is 0 Å². The van der Waals surface area contributed by atoms with Gasteiger partial charge in [-0.1, -0.05) is 23.2 Å². The summed E-state index contributed by atoms with van der Waals surface area (Å²) in [5.74, 6) is -2.59. The normalized spacial score (nSPS) is 15.4. The average molecular weight is 524 g/mol. The van der Waals surface area contributed by atoms with Crippen molar-refractivity contribution in [3.63, 3.8) is 0 Å². The van der Waals surface area contributed by atoms with Gasteiger partial charge in [0.2, 0.25) is 17.6 Å². The molecule has 0 aliphatic carbocycles. The maximum atomic E-state index is 12.7. The van der Waals surface area contributed by atoms with Crippen LogP contribution < -0.4 is 4.90 Å². The number of hydrogen-bond acceptors (Lipinski definition) is 8. The van der Waals surface area contributed by atoms with Crippen LogP contribution in [0.1, 0.15) is 34.1 Å². The van der Waals surface area contributed by atoms with Crippen molar-refractivity contribution in [2.45, 2.75) is 18.6 Å². The Balaban J connectivity index is 1.59. The van der Waals surface area contributed by atoms with E-state index in [0.29, 0.717) is 5.02 Å². The second kappa shape index (κ2) is 11.5. The van der Waals surface area contributed by atoms with Crippen molar-refractivity contribution in [3.05, 3.63) is 63.6 Å². The lowest BCUT2D eigenvalue weighted by atomic mass is 10.1. The van der Waals surface area contributed by atoms with Crippen molar-refractivity contribution < 1.29 is 33.4 Å². The highest BCUT2D eigenvalue weighted by molar-refractivity contribution is 8.01. The van der Waals surface area contributed by atoms with E-state index < -0.39 is 41.4 Å². The van der Waals surface area contributed by atoms with Crippen LogP contribution in [0, 0.1) is 0 Å². The Morgan fingerprint density at radius 3 is 2.41 bits per heavy atom. The molecule has 1 saturated heterocycles. The molecule has 3 rings (SSSR count). The third-order valence-electron chi connectivity index (χ3n) is 4.74. The second-order valence-electron chi connectivity index (χ2n) is 7.05. The summed E-state index contributed by atoms with van der Waals surface area (Å²) in [5.41, 5.74) is 0.594. The maximum Gasteiger partial charge on any atom is 0.338 e. The summed E-state index contributed by atoms with van der Waals surface area (Å²) < 4.78 is 9.89. The van der Waals surface area contributed by atoms with Crippen LogP contribution in [0.4, 0.5) is 5.69 Å². The number of imide groups is 1. The molecule has 1 unspecified atom stereocenters. The molecule has 0 spiro atoms. The highest BCUT2D eigenvalue weighted by Crippen LogP contribution is 2.30. The Morgan fingerprint density at radius 2 is 1.76 bits per heavy atom. The van der Waals surface area contributed by atoms with Gasteiger partial charge in [0.25, 0.3) is 0 Å². The van der Waals surface area contributed by atoms with E-state index in [4.69, 9.17) is 32.7 Å². The van der Waals surface area contributed by atoms with E-state index in [-0.39, 0.29) is 40.6 Å². The molecule has 2 aromatic rings. The highest BCUT2D eigenvalue weighted by Gasteiger charge is 2.40. The summed E-state index contributed by atoms with van der Waals surface area (Å²) in [5, 5.41) is -0.165. The molecule has 1 aliphatic rings. The molecule has 2 amide bonds. The number of carbonyl (C=O) groups excluding carboxylic acids is 5. The Hall–Kier alpha value is -2.88. The largest absolute Gasteiger partial charge is 0.465 e. The number of rotatable bonds is 9. The number of benzene rings is 2.